The molecule has 0 fully saturated rings. The van der Waals surface area contributed by atoms with Crippen molar-refractivity contribution in [2.24, 2.45) is 0 Å². The summed E-state index contributed by atoms with van der Waals surface area (Å²) in [5, 5.41) is 8.42. The van der Waals surface area contributed by atoms with Crippen molar-refractivity contribution < 1.29 is 0 Å². The molecule has 0 amide bonds. The molecule has 4 aromatic rings. The minimum absolute atomic E-state index is 1.16. The summed E-state index contributed by atoms with van der Waals surface area (Å²) in [6, 6.07) is 14.0. The quantitative estimate of drug-likeness (QED) is 0.167. The van der Waals surface area contributed by atoms with E-state index in [1.165, 1.54) is 90.9 Å². The van der Waals surface area contributed by atoms with Crippen molar-refractivity contribution in [1.82, 2.24) is 0 Å². The lowest BCUT2D eigenvalue weighted by molar-refractivity contribution is 0.719. The van der Waals surface area contributed by atoms with E-state index in [2.05, 4.69) is 82.1 Å². The zero-order valence-electron chi connectivity index (χ0n) is 16.9. The first-order valence-electron chi connectivity index (χ1n) is 10.7. The molecule has 4 rings (SSSR count). The number of halogens is 2. The largest absolute Gasteiger partial charge is 0.0654 e. The molecule has 0 spiro atoms. The number of hydrogen-bond acceptors (Lipinski definition) is 0. The molecule has 2 heteroatoms. The molecule has 0 aromatic heterocycles. The Bertz CT molecular complexity index is 1020. The van der Waals surface area contributed by atoms with Crippen LogP contribution in [0.25, 0.3) is 32.3 Å². The standard InChI is InChI=1S/C26H28Br2/c1-3-5-7-9-17-15-23(27)21-14-12-20-18(10-8-6-4-2)16-24(28)22-13-11-19(17)25(21)26(20)22/h11-16H,3-10H2,1-2H3. The maximum absolute atomic E-state index is 3.88. The van der Waals surface area contributed by atoms with Crippen LogP contribution in [0.4, 0.5) is 0 Å². The Labute approximate surface area is 185 Å². The van der Waals surface area contributed by atoms with Crippen LogP contribution in [0.5, 0.6) is 0 Å². The molecule has 146 valence electrons. The Morgan fingerprint density at radius 3 is 1.36 bits per heavy atom. The molecular weight excluding hydrogens is 472 g/mol. The molecule has 0 atom stereocenters. The SMILES string of the molecule is CCCCCc1cc(Br)c2ccc3c(CCCCC)cc(Br)c4ccc1c2c43. The van der Waals surface area contributed by atoms with Crippen LogP contribution in [-0.2, 0) is 12.8 Å². The Morgan fingerprint density at radius 1 is 0.571 bits per heavy atom. The van der Waals surface area contributed by atoms with Gasteiger partial charge in [-0.15, -0.1) is 0 Å². The highest BCUT2D eigenvalue weighted by Crippen LogP contribution is 2.43. The fourth-order valence-corrected chi connectivity index (χ4v) is 5.80. The molecule has 0 heterocycles. The van der Waals surface area contributed by atoms with E-state index in [1.807, 2.05) is 0 Å². The second-order valence-electron chi connectivity index (χ2n) is 8.02. The van der Waals surface area contributed by atoms with E-state index in [1.54, 1.807) is 0 Å². The first kappa shape index (κ1) is 20.2. The summed E-state index contributed by atoms with van der Waals surface area (Å²) in [6.07, 6.45) is 9.97. The first-order chi connectivity index (χ1) is 13.7. The molecule has 0 saturated heterocycles. The normalized spacial score (nSPS) is 12.0. The summed E-state index contributed by atoms with van der Waals surface area (Å²) < 4.78 is 2.46. The van der Waals surface area contributed by atoms with E-state index < -0.39 is 0 Å². The minimum atomic E-state index is 1.16. The third-order valence-electron chi connectivity index (χ3n) is 6.07. The van der Waals surface area contributed by atoms with Crippen LogP contribution in [0, 0.1) is 0 Å². The summed E-state index contributed by atoms with van der Waals surface area (Å²) in [7, 11) is 0. The van der Waals surface area contributed by atoms with Crippen LogP contribution in [-0.4, -0.2) is 0 Å². The monoisotopic (exact) mass is 498 g/mol. The van der Waals surface area contributed by atoms with E-state index in [-0.39, 0.29) is 0 Å². The minimum Gasteiger partial charge on any atom is -0.0654 e. The topological polar surface area (TPSA) is 0 Å². The molecule has 0 radical (unpaired) electrons. The average Bonchev–Trinajstić information content (AvgIpc) is 2.70. The van der Waals surface area contributed by atoms with Crippen LogP contribution in [0.15, 0.2) is 45.3 Å². The predicted molar refractivity (Wildman–Crippen MR) is 132 cm³/mol. The van der Waals surface area contributed by atoms with Crippen LogP contribution in [0.1, 0.15) is 63.5 Å². The maximum atomic E-state index is 3.88. The van der Waals surface area contributed by atoms with Gasteiger partial charge in [-0.3, -0.25) is 0 Å². The molecule has 4 aromatic carbocycles. The Kier molecular flexibility index (Phi) is 6.27. The van der Waals surface area contributed by atoms with E-state index in [0.717, 1.165) is 12.8 Å². The van der Waals surface area contributed by atoms with Gasteiger partial charge in [-0.2, -0.15) is 0 Å². The Hall–Kier alpha value is -1.12. The highest BCUT2D eigenvalue weighted by molar-refractivity contribution is 9.11. The van der Waals surface area contributed by atoms with Crippen molar-refractivity contribution in [3.05, 3.63) is 56.5 Å². The van der Waals surface area contributed by atoms with Gasteiger partial charge in [-0.25, -0.2) is 0 Å². The van der Waals surface area contributed by atoms with Crippen molar-refractivity contribution in [1.29, 1.82) is 0 Å². The van der Waals surface area contributed by atoms with E-state index in [4.69, 9.17) is 0 Å². The average molecular weight is 500 g/mol. The Morgan fingerprint density at radius 2 is 0.964 bits per heavy atom. The van der Waals surface area contributed by atoms with Crippen LogP contribution < -0.4 is 0 Å². The van der Waals surface area contributed by atoms with E-state index >= 15 is 0 Å². The van der Waals surface area contributed by atoms with E-state index in [0.29, 0.717) is 0 Å². The summed E-state index contributed by atoms with van der Waals surface area (Å²) in [5.74, 6) is 0. The number of aryl methyl sites for hydroxylation is 2. The van der Waals surface area contributed by atoms with Gasteiger partial charge in [0.15, 0.2) is 0 Å². The molecule has 28 heavy (non-hydrogen) atoms. The maximum Gasteiger partial charge on any atom is 0.0257 e. The summed E-state index contributed by atoms with van der Waals surface area (Å²) in [4.78, 5) is 0. The second-order valence-corrected chi connectivity index (χ2v) is 9.73. The number of benzene rings is 4. The summed E-state index contributed by atoms with van der Waals surface area (Å²) in [6.45, 7) is 4.55. The molecule has 0 aliphatic rings. The lowest BCUT2D eigenvalue weighted by atomic mass is 9.88. The lowest BCUT2D eigenvalue weighted by Gasteiger charge is -2.18. The van der Waals surface area contributed by atoms with Gasteiger partial charge in [0.25, 0.3) is 0 Å². The third kappa shape index (κ3) is 3.59. The number of hydrogen-bond donors (Lipinski definition) is 0. The molecular formula is C26H28Br2. The zero-order valence-corrected chi connectivity index (χ0v) is 20.0. The predicted octanol–water partition coefficient (Wildman–Crippen LogP) is 9.57. The highest BCUT2D eigenvalue weighted by atomic mass is 79.9. The van der Waals surface area contributed by atoms with Gasteiger partial charge in [0.2, 0.25) is 0 Å². The molecule has 0 bridgehead atoms. The zero-order chi connectivity index (χ0) is 19.7. The van der Waals surface area contributed by atoms with Gasteiger partial charge in [-0.1, -0.05) is 95.7 Å². The lowest BCUT2D eigenvalue weighted by Crippen LogP contribution is -1.95. The van der Waals surface area contributed by atoms with E-state index in [9.17, 15) is 0 Å². The van der Waals surface area contributed by atoms with Crippen LogP contribution in [0.2, 0.25) is 0 Å². The third-order valence-corrected chi connectivity index (χ3v) is 7.38. The molecule has 0 saturated carbocycles. The van der Waals surface area contributed by atoms with Crippen molar-refractivity contribution in [3.8, 4) is 0 Å². The van der Waals surface area contributed by atoms with Gasteiger partial charge in [-0.05, 0) is 81.3 Å². The summed E-state index contributed by atoms with van der Waals surface area (Å²) in [5.41, 5.74) is 2.96. The van der Waals surface area contributed by atoms with Gasteiger partial charge in [0.05, 0.1) is 0 Å². The molecule has 0 N–H and O–H groups in total. The van der Waals surface area contributed by atoms with Crippen LogP contribution in [0.3, 0.4) is 0 Å². The van der Waals surface area contributed by atoms with Gasteiger partial charge in [0.1, 0.15) is 0 Å². The summed E-state index contributed by atoms with van der Waals surface area (Å²) >= 11 is 7.76. The van der Waals surface area contributed by atoms with Crippen molar-refractivity contribution in [3.63, 3.8) is 0 Å². The first-order valence-corrected chi connectivity index (χ1v) is 12.3. The van der Waals surface area contributed by atoms with Crippen molar-refractivity contribution >= 4 is 64.2 Å². The number of rotatable bonds is 8. The Balaban J connectivity index is 1.97. The van der Waals surface area contributed by atoms with Gasteiger partial charge in [0, 0.05) is 8.95 Å². The van der Waals surface area contributed by atoms with Gasteiger partial charge >= 0.3 is 0 Å². The second kappa shape index (κ2) is 8.71. The molecule has 0 aliphatic carbocycles. The molecule has 0 nitrogen and oxygen atoms in total. The smallest absolute Gasteiger partial charge is 0.0257 e. The fourth-order valence-electron chi connectivity index (χ4n) is 4.59. The number of unbranched alkanes of at least 4 members (excludes halogenated alkanes) is 4. The van der Waals surface area contributed by atoms with Crippen molar-refractivity contribution in [2.45, 2.75) is 65.2 Å². The van der Waals surface area contributed by atoms with Crippen molar-refractivity contribution in [2.75, 3.05) is 0 Å². The molecule has 0 aliphatic heterocycles. The fraction of sp³-hybridized carbons (Fsp3) is 0.385. The molecule has 0 unspecified atom stereocenters. The van der Waals surface area contributed by atoms with Crippen LogP contribution >= 0.6 is 31.9 Å². The highest BCUT2D eigenvalue weighted by Gasteiger charge is 2.17. The van der Waals surface area contributed by atoms with Gasteiger partial charge < -0.3 is 0 Å².